The Morgan fingerprint density at radius 2 is 2.07 bits per heavy atom. The molecule has 0 unspecified atom stereocenters. The lowest BCUT2D eigenvalue weighted by Crippen LogP contribution is -2.01. The fourth-order valence-corrected chi connectivity index (χ4v) is 1.43. The van der Waals surface area contributed by atoms with Crippen LogP contribution in [0.25, 0.3) is 0 Å². The molecule has 0 saturated heterocycles. The van der Waals surface area contributed by atoms with Gasteiger partial charge in [-0.15, -0.1) is 0 Å². The molecular formula is C11H14BrNO. The first-order chi connectivity index (χ1) is 6.77. The van der Waals surface area contributed by atoms with Crippen molar-refractivity contribution in [1.29, 1.82) is 0 Å². The second-order valence-corrected chi connectivity index (χ2v) is 3.60. The van der Waals surface area contributed by atoms with Gasteiger partial charge in [-0.1, -0.05) is 19.1 Å². The predicted molar refractivity (Wildman–Crippen MR) is 63.2 cm³/mol. The maximum Gasteiger partial charge on any atom is 0.188 e. The molecule has 0 spiro atoms. The average Bonchev–Trinajstić information content (AvgIpc) is 2.20. The first-order valence-electron chi connectivity index (χ1n) is 4.72. The number of aliphatic imine (C=N–C) groups is 1. The average molecular weight is 256 g/mol. The Bertz CT molecular complexity index is 323. The lowest BCUT2D eigenvalue weighted by atomic mass is 10.3. The molecule has 0 saturated carbocycles. The third-order valence-electron chi connectivity index (χ3n) is 1.71. The number of hydrogen-bond acceptors (Lipinski definition) is 2. The summed E-state index contributed by atoms with van der Waals surface area (Å²) in [7, 11) is 0. The fraction of sp³-hybridized carbons (Fsp3) is 0.364. The quantitative estimate of drug-likeness (QED) is 0.593. The van der Waals surface area contributed by atoms with Crippen molar-refractivity contribution >= 4 is 27.5 Å². The van der Waals surface area contributed by atoms with Crippen LogP contribution >= 0.6 is 15.9 Å². The molecule has 76 valence electrons. The van der Waals surface area contributed by atoms with Crippen LogP contribution in [0.1, 0.15) is 20.3 Å². The number of halogens is 1. The van der Waals surface area contributed by atoms with Crippen molar-refractivity contribution in [2.45, 2.75) is 20.3 Å². The van der Waals surface area contributed by atoms with Crippen LogP contribution in [-0.2, 0) is 4.74 Å². The minimum atomic E-state index is 0.664. The van der Waals surface area contributed by atoms with Gasteiger partial charge in [-0.2, -0.15) is 0 Å². The molecule has 0 aliphatic carbocycles. The highest BCUT2D eigenvalue weighted by atomic mass is 79.9. The van der Waals surface area contributed by atoms with Crippen LogP contribution in [0, 0.1) is 0 Å². The summed E-state index contributed by atoms with van der Waals surface area (Å²) in [5, 5.41) is 0. The predicted octanol–water partition coefficient (Wildman–Crippen LogP) is 3.93. The van der Waals surface area contributed by atoms with Crippen molar-refractivity contribution in [2.24, 2.45) is 4.99 Å². The Morgan fingerprint density at radius 1 is 1.36 bits per heavy atom. The van der Waals surface area contributed by atoms with Crippen molar-refractivity contribution in [2.75, 3.05) is 6.61 Å². The van der Waals surface area contributed by atoms with Crippen LogP contribution in [0.4, 0.5) is 5.69 Å². The van der Waals surface area contributed by atoms with E-state index in [2.05, 4.69) is 20.9 Å². The smallest absolute Gasteiger partial charge is 0.188 e. The van der Waals surface area contributed by atoms with Crippen LogP contribution in [0.5, 0.6) is 0 Å². The normalized spacial score (nSPS) is 11.5. The maximum absolute atomic E-state index is 5.38. The molecule has 1 rings (SSSR count). The molecule has 0 heterocycles. The zero-order valence-corrected chi connectivity index (χ0v) is 10.0. The van der Waals surface area contributed by atoms with Gasteiger partial charge in [0.1, 0.15) is 0 Å². The van der Waals surface area contributed by atoms with Gasteiger partial charge >= 0.3 is 0 Å². The highest BCUT2D eigenvalue weighted by Crippen LogP contribution is 2.24. The van der Waals surface area contributed by atoms with Crippen LogP contribution in [0.2, 0.25) is 0 Å². The van der Waals surface area contributed by atoms with E-state index in [1.54, 1.807) is 0 Å². The molecule has 0 radical (unpaired) electrons. The topological polar surface area (TPSA) is 21.6 Å². The van der Waals surface area contributed by atoms with Crippen molar-refractivity contribution in [1.82, 2.24) is 0 Å². The SMILES string of the molecule is CCOC(CC)=Nc1ccccc1Br. The van der Waals surface area contributed by atoms with E-state index in [1.807, 2.05) is 38.1 Å². The zero-order valence-electron chi connectivity index (χ0n) is 8.46. The standard InChI is InChI=1S/C11H14BrNO/c1-3-11(14-4-2)13-10-8-6-5-7-9(10)12/h5-8H,3-4H2,1-2H3. The Labute approximate surface area is 93.1 Å². The van der Waals surface area contributed by atoms with Crippen molar-refractivity contribution in [3.05, 3.63) is 28.7 Å². The maximum atomic E-state index is 5.38. The number of rotatable bonds is 3. The summed E-state index contributed by atoms with van der Waals surface area (Å²) in [6, 6.07) is 7.86. The number of para-hydroxylation sites is 1. The fourth-order valence-electron chi connectivity index (χ4n) is 1.06. The molecule has 0 atom stereocenters. The number of nitrogens with zero attached hydrogens (tertiary/aromatic N) is 1. The molecule has 0 fully saturated rings. The van der Waals surface area contributed by atoms with Gasteiger partial charge in [-0.25, -0.2) is 4.99 Å². The molecule has 0 N–H and O–H groups in total. The summed E-state index contributed by atoms with van der Waals surface area (Å²) in [4.78, 5) is 4.41. The monoisotopic (exact) mass is 255 g/mol. The lowest BCUT2D eigenvalue weighted by molar-refractivity contribution is 0.319. The van der Waals surface area contributed by atoms with E-state index < -0.39 is 0 Å². The number of ether oxygens (including phenoxy) is 1. The summed E-state index contributed by atoms with van der Waals surface area (Å²) < 4.78 is 6.37. The van der Waals surface area contributed by atoms with E-state index in [1.165, 1.54) is 0 Å². The summed E-state index contributed by atoms with van der Waals surface area (Å²) in [5.41, 5.74) is 0.915. The lowest BCUT2D eigenvalue weighted by Gasteiger charge is -2.05. The summed E-state index contributed by atoms with van der Waals surface area (Å²) in [6.45, 7) is 4.66. The Morgan fingerprint density at radius 3 is 2.64 bits per heavy atom. The second kappa shape index (κ2) is 5.81. The molecule has 0 aliphatic rings. The Kier molecular flexibility index (Phi) is 4.66. The first-order valence-corrected chi connectivity index (χ1v) is 5.52. The summed E-state index contributed by atoms with van der Waals surface area (Å²) in [6.07, 6.45) is 0.815. The third-order valence-corrected chi connectivity index (χ3v) is 2.38. The summed E-state index contributed by atoms with van der Waals surface area (Å²) >= 11 is 3.44. The van der Waals surface area contributed by atoms with E-state index >= 15 is 0 Å². The Balaban J connectivity index is 2.88. The van der Waals surface area contributed by atoms with E-state index in [9.17, 15) is 0 Å². The van der Waals surface area contributed by atoms with Crippen LogP contribution in [-0.4, -0.2) is 12.5 Å². The van der Waals surface area contributed by atoms with Gasteiger partial charge in [-0.05, 0) is 35.0 Å². The van der Waals surface area contributed by atoms with Gasteiger partial charge in [0.15, 0.2) is 5.90 Å². The van der Waals surface area contributed by atoms with Crippen LogP contribution < -0.4 is 0 Å². The third kappa shape index (κ3) is 3.14. The molecule has 3 heteroatoms. The van der Waals surface area contributed by atoms with Gasteiger partial charge in [0.25, 0.3) is 0 Å². The van der Waals surface area contributed by atoms with Crippen LogP contribution in [0.15, 0.2) is 33.7 Å². The van der Waals surface area contributed by atoms with Gasteiger partial charge in [0, 0.05) is 10.9 Å². The number of hydrogen-bond donors (Lipinski definition) is 0. The first kappa shape index (κ1) is 11.2. The molecule has 0 aliphatic heterocycles. The van der Waals surface area contributed by atoms with Crippen molar-refractivity contribution in [3.63, 3.8) is 0 Å². The molecule has 0 bridgehead atoms. The largest absolute Gasteiger partial charge is 0.481 e. The second-order valence-electron chi connectivity index (χ2n) is 2.74. The van der Waals surface area contributed by atoms with Crippen molar-refractivity contribution in [3.8, 4) is 0 Å². The molecule has 1 aromatic rings. The van der Waals surface area contributed by atoms with E-state index in [0.29, 0.717) is 6.61 Å². The molecule has 0 amide bonds. The number of benzene rings is 1. The van der Waals surface area contributed by atoms with E-state index in [0.717, 1.165) is 22.5 Å². The van der Waals surface area contributed by atoms with E-state index in [4.69, 9.17) is 4.74 Å². The Hall–Kier alpha value is -0.830. The van der Waals surface area contributed by atoms with Gasteiger partial charge in [-0.3, -0.25) is 0 Å². The zero-order chi connectivity index (χ0) is 10.4. The minimum absolute atomic E-state index is 0.664. The van der Waals surface area contributed by atoms with Crippen molar-refractivity contribution < 1.29 is 4.74 Å². The molecule has 0 aromatic heterocycles. The molecule has 2 nitrogen and oxygen atoms in total. The molecule has 1 aromatic carbocycles. The van der Waals surface area contributed by atoms with Gasteiger partial charge < -0.3 is 4.74 Å². The highest BCUT2D eigenvalue weighted by molar-refractivity contribution is 9.10. The van der Waals surface area contributed by atoms with Gasteiger partial charge in [0.2, 0.25) is 0 Å². The minimum Gasteiger partial charge on any atom is -0.481 e. The van der Waals surface area contributed by atoms with E-state index in [-0.39, 0.29) is 0 Å². The molecule has 14 heavy (non-hydrogen) atoms. The van der Waals surface area contributed by atoms with Gasteiger partial charge in [0.05, 0.1) is 12.3 Å². The molecular weight excluding hydrogens is 242 g/mol. The summed E-state index contributed by atoms with van der Waals surface area (Å²) in [5.74, 6) is 0.777. The van der Waals surface area contributed by atoms with Crippen LogP contribution in [0.3, 0.4) is 0 Å². The highest BCUT2D eigenvalue weighted by Gasteiger charge is 1.99.